The van der Waals surface area contributed by atoms with Crippen molar-refractivity contribution in [1.29, 1.82) is 0 Å². The van der Waals surface area contributed by atoms with Gasteiger partial charge < -0.3 is 30.3 Å². The molecule has 8 nitrogen and oxygen atoms in total. The summed E-state index contributed by atoms with van der Waals surface area (Å²) in [5.74, 6) is -3.37. The minimum atomic E-state index is -1.46. The molecule has 2 saturated carbocycles. The summed E-state index contributed by atoms with van der Waals surface area (Å²) >= 11 is 0. The predicted molar refractivity (Wildman–Crippen MR) is 109 cm³/mol. The number of ether oxygens (including phenoxy) is 1. The molecule has 4 rings (SSSR count). The Morgan fingerprint density at radius 3 is 2.32 bits per heavy atom. The number of aromatic hydroxyl groups is 1. The topological polar surface area (TPSA) is 145 Å². The van der Waals surface area contributed by atoms with Gasteiger partial charge in [-0.05, 0) is 42.6 Å². The number of phenols is 1. The average molecular weight is 434 g/mol. The van der Waals surface area contributed by atoms with E-state index in [1.807, 2.05) is 27.7 Å². The van der Waals surface area contributed by atoms with Crippen LogP contribution in [0.15, 0.2) is 6.07 Å². The lowest BCUT2D eigenvalue weighted by Crippen LogP contribution is -2.69. The molecular formula is C23H30O8. The largest absolute Gasteiger partial charge is 0.508 e. The van der Waals surface area contributed by atoms with Gasteiger partial charge in [0.05, 0.1) is 17.8 Å². The van der Waals surface area contributed by atoms with Gasteiger partial charge in [0.2, 0.25) is 0 Å². The Morgan fingerprint density at radius 2 is 1.74 bits per heavy atom. The molecule has 170 valence electrons. The molecule has 0 radical (unpaired) electrons. The smallest absolute Gasteiger partial charge is 0.340 e. The molecule has 2 fully saturated rings. The van der Waals surface area contributed by atoms with Gasteiger partial charge in [0.15, 0.2) is 0 Å². The molecule has 1 heterocycles. The molecule has 1 aliphatic heterocycles. The Hall–Kier alpha value is -2.32. The lowest BCUT2D eigenvalue weighted by Gasteiger charge is -2.64. The molecule has 6 atom stereocenters. The van der Waals surface area contributed by atoms with Crippen molar-refractivity contribution < 1.29 is 39.9 Å². The van der Waals surface area contributed by atoms with Gasteiger partial charge in [0.25, 0.3) is 0 Å². The van der Waals surface area contributed by atoms with E-state index in [1.165, 1.54) is 0 Å². The van der Waals surface area contributed by atoms with E-state index in [2.05, 4.69) is 0 Å². The number of hydrogen-bond donors (Lipinski definition) is 5. The van der Waals surface area contributed by atoms with Crippen molar-refractivity contribution in [2.75, 3.05) is 0 Å². The Labute approximate surface area is 180 Å². The Balaban J connectivity index is 1.92. The minimum Gasteiger partial charge on any atom is -0.508 e. The number of carboxylic acids is 2. The third-order valence-corrected chi connectivity index (χ3v) is 8.61. The predicted octanol–water partition coefficient (Wildman–Crippen LogP) is 2.67. The minimum absolute atomic E-state index is 0.0294. The molecule has 0 amide bonds. The van der Waals surface area contributed by atoms with Gasteiger partial charge >= 0.3 is 11.9 Å². The first kappa shape index (κ1) is 21.9. The lowest BCUT2D eigenvalue weighted by molar-refractivity contribution is -0.240. The van der Waals surface area contributed by atoms with Gasteiger partial charge in [0.1, 0.15) is 22.7 Å². The molecule has 2 aliphatic carbocycles. The Morgan fingerprint density at radius 1 is 1.10 bits per heavy atom. The molecule has 0 bridgehead atoms. The van der Waals surface area contributed by atoms with E-state index in [0.29, 0.717) is 0 Å². The number of fused-ring (bicyclic) bond motifs is 3. The lowest BCUT2D eigenvalue weighted by atomic mass is 9.43. The quantitative estimate of drug-likeness (QED) is 0.478. The number of rotatable bonds is 2. The highest BCUT2D eigenvalue weighted by molar-refractivity contribution is 6.05. The second-order valence-electron chi connectivity index (χ2n) is 10.4. The maximum Gasteiger partial charge on any atom is 0.340 e. The molecule has 0 saturated heterocycles. The number of benzene rings is 1. The second-order valence-corrected chi connectivity index (χ2v) is 10.4. The first-order valence-corrected chi connectivity index (χ1v) is 10.7. The number of aromatic carboxylic acids is 2. The second kappa shape index (κ2) is 6.59. The first-order valence-electron chi connectivity index (χ1n) is 10.7. The van der Waals surface area contributed by atoms with E-state index in [9.17, 15) is 35.1 Å². The normalized spacial score (nSPS) is 38.3. The van der Waals surface area contributed by atoms with E-state index in [4.69, 9.17) is 4.74 Å². The van der Waals surface area contributed by atoms with Crippen LogP contribution in [-0.2, 0) is 6.42 Å². The van der Waals surface area contributed by atoms with Crippen LogP contribution >= 0.6 is 0 Å². The molecule has 3 aliphatic rings. The molecule has 0 aromatic heterocycles. The highest BCUT2D eigenvalue weighted by atomic mass is 16.5. The third kappa shape index (κ3) is 2.67. The van der Waals surface area contributed by atoms with E-state index >= 15 is 0 Å². The summed E-state index contributed by atoms with van der Waals surface area (Å²) in [7, 11) is 0. The van der Waals surface area contributed by atoms with Gasteiger partial charge in [-0.15, -0.1) is 0 Å². The van der Waals surface area contributed by atoms with Crippen LogP contribution in [0.3, 0.4) is 0 Å². The van der Waals surface area contributed by atoms with E-state index in [0.717, 1.165) is 18.9 Å². The van der Waals surface area contributed by atoms with Crippen molar-refractivity contribution in [2.45, 2.75) is 71.2 Å². The van der Waals surface area contributed by atoms with Crippen LogP contribution in [0.5, 0.6) is 11.5 Å². The fourth-order valence-corrected chi connectivity index (χ4v) is 7.01. The number of carboxylic acid groups (broad SMARTS) is 2. The van der Waals surface area contributed by atoms with Crippen LogP contribution in [0.4, 0.5) is 0 Å². The van der Waals surface area contributed by atoms with Crippen LogP contribution in [0.25, 0.3) is 0 Å². The molecule has 8 heteroatoms. The third-order valence-electron chi connectivity index (χ3n) is 8.61. The molecule has 5 N–H and O–H groups in total. The van der Waals surface area contributed by atoms with Crippen molar-refractivity contribution in [3.8, 4) is 11.5 Å². The fourth-order valence-electron chi connectivity index (χ4n) is 7.01. The van der Waals surface area contributed by atoms with Crippen molar-refractivity contribution in [2.24, 2.45) is 22.7 Å². The van der Waals surface area contributed by atoms with E-state index < -0.39 is 51.7 Å². The zero-order valence-electron chi connectivity index (χ0n) is 18.2. The molecule has 1 aromatic rings. The highest BCUT2D eigenvalue weighted by Crippen LogP contribution is 2.67. The van der Waals surface area contributed by atoms with E-state index in [1.54, 1.807) is 0 Å². The summed E-state index contributed by atoms with van der Waals surface area (Å²) in [5.41, 5.74) is -2.90. The van der Waals surface area contributed by atoms with Crippen molar-refractivity contribution in [1.82, 2.24) is 0 Å². The maximum atomic E-state index is 12.0. The molecule has 1 spiro atoms. The summed E-state index contributed by atoms with van der Waals surface area (Å²) in [6.07, 6.45) is 0.162. The summed E-state index contributed by atoms with van der Waals surface area (Å²) < 4.78 is 6.46. The zero-order valence-corrected chi connectivity index (χ0v) is 18.2. The standard InChI is InChI=1S/C23H30O8/c1-10-5-6-15-21(2,3)18(26)14(25)9-22(15,4)23(10)8-12-13(24)7-11(19(27)28)16(20(29)30)17(12)31-23/h7,10,14-15,18,24-26H,5-6,8-9H2,1-4H3,(H,27,28)(H,29,30)/t10-,14-,15+,18-,22+,23-/m1/s1. The van der Waals surface area contributed by atoms with Crippen molar-refractivity contribution in [3.63, 3.8) is 0 Å². The first-order chi connectivity index (χ1) is 14.3. The summed E-state index contributed by atoms with van der Waals surface area (Å²) in [5, 5.41) is 51.4. The van der Waals surface area contributed by atoms with Gasteiger partial charge in [-0.3, -0.25) is 0 Å². The van der Waals surface area contributed by atoms with Gasteiger partial charge in [0, 0.05) is 17.4 Å². The number of carbonyl (C=O) groups is 2. The van der Waals surface area contributed by atoms with Gasteiger partial charge in [-0.1, -0.05) is 27.7 Å². The van der Waals surface area contributed by atoms with Gasteiger partial charge in [-0.2, -0.15) is 0 Å². The number of aliphatic hydroxyl groups is 2. The number of hydrogen-bond acceptors (Lipinski definition) is 6. The summed E-state index contributed by atoms with van der Waals surface area (Å²) in [6, 6.07) is 0.976. The molecule has 0 unspecified atom stereocenters. The number of phenolic OH excluding ortho intramolecular Hbond substituents is 1. The maximum absolute atomic E-state index is 12.0. The Bertz CT molecular complexity index is 969. The van der Waals surface area contributed by atoms with Crippen molar-refractivity contribution in [3.05, 3.63) is 22.8 Å². The SMILES string of the molecule is C[C@@H]1CC[C@H]2C(C)(C)[C@H](O)[C@H](O)C[C@]2(C)[C@@]12Cc1c(O)cc(C(=O)O)c(C(=O)O)c1O2. The van der Waals surface area contributed by atoms with Crippen LogP contribution in [-0.4, -0.2) is 55.3 Å². The van der Waals surface area contributed by atoms with Crippen LogP contribution in [0.2, 0.25) is 0 Å². The Kier molecular flexibility index (Phi) is 4.65. The summed E-state index contributed by atoms with van der Waals surface area (Å²) in [6.45, 7) is 7.87. The van der Waals surface area contributed by atoms with Crippen LogP contribution in [0, 0.1) is 22.7 Å². The van der Waals surface area contributed by atoms with Gasteiger partial charge in [-0.25, -0.2) is 9.59 Å². The van der Waals surface area contributed by atoms with Crippen molar-refractivity contribution >= 4 is 11.9 Å². The molecule has 1 aromatic carbocycles. The highest BCUT2D eigenvalue weighted by Gasteiger charge is 2.68. The van der Waals surface area contributed by atoms with E-state index in [-0.39, 0.29) is 41.7 Å². The van der Waals surface area contributed by atoms with Crippen LogP contribution in [0.1, 0.15) is 73.2 Å². The molecule has 31 heavy (non-hydrogen) atoms. The fraction of sp³-hybridized carbons (Fsp3) is 0.652. The monoisotopic (exact) mass is 434 g/mol. The summed E-state index contributed by atoms with van der Waals surface area (Å²) in [4.78, 5) is 23.7. The number of aliphatic hydroxyl groups excluding tert-OH is 2. The molecular weight excluding hydrogens is 404 g/mol. The average Bonchev–Trinajstić information content (AvgIpc) is 3.07. The zero-order chi connectivity index (χ0) is 23.1. The van der Waals surface area contributed by atoms with Crippen LogP contribution < -0.4 is 4.74 Å².